The lowest BCUT2D eigenvalue weighted by Crippen LogP contribution is -2.24. The fourth-order valence-electron chi connectivity index (χ4n) is 3.68. The zero-order chi connectivity index (χ0) is 22.4. The molecule has 0 unspecified atom stereocenters. The minimum absolute atomic E-state index is 0.136. The first kappa shape index (κ1) is 20.1. The Labute approximate surface area is 187 Å². The molecule has 0 bridgehead atoms. The number of ether oxygens (including phenoxy) is 2. The zero-order valence-corrected chi connectivity index (χ0v) is 18.2. The van der Waals surface area contributed by atoms with Crippen LogP contribution in [0.5, 0.6) is 17.4 Å². The molecule has 0 radical (unpaired) electrons. The van der Waals surface area contributed by atoms with Crippen molar-refractivity contribution < 1.29 is 19.4 Å². The van der Waals surface area contributed by atoms with E-state index in [4.69, 9.17) is 9.47 Å². The second-order valence-electron chi connectivity index (χ2n) is 7.53. The Hall–Kier alpha value is -3.85. The highest BCUT2D eigenvalue weighted by Crippen LogP contribution is 2.38. The molecule has 0 fully saturated rings. The van der Waals surface area contributed by atoms with Gasteiger partial charge >= 0.3 is 4.87 Å². The second-order valence-corrected chi connectivity index (χ2v) is 8.53. The van der Waals surface area contributed by atoms with E-state index in [1.54, 1.807) is 24.3 Å². The van der Waals surface area contributed by atoms with E-state index >= 15 is 0 Å². The van der Waals surface area contributed by atoms with Crippen molar-refractivity contribution in [3.05, 3.63) is 62.1 Å². The molecule has 32 heavy (non-hydrogen) atoms. The molecule has 5 rings (SSSR count). The van der Waals surface area contributed by atoms with Crippen molar-refractivity contribution in [2.24, 2.45) is 4.99 Å². The van der Waals surface area contributed by atoms with E-state index in [0.29, 0.717) is 22.1 Å². The maximum absolute atomic E-state index is 12.5. The molecule has 0 atom stereocenters. The van der Waals surface area contributed by atoms with E-state index in [2.05, 4.69) is 10.3 Å². The SMILES string of the molecule is CC1=Nc2ccc(C)cc2/C1=C/c1sc(=O)n(CC(=O)Nc2ccc3c(c2)OCO3)c1O. The van der Waals surface area contributed by atoms with Crippen LogP contribution >= 0.6 is 11.3 Å². The first-order chi connectivity index (χ1) is 15.4. The van der Waals surface area contributed by atoms with Crippen LogP contribution in [-0.2, 0) is 11.3 Å². The Morgan fingerprint density at radius 3 is 2.88 bits per heavy atom. The summed E-state index contributed by atoms with van der Waals surface area (Å²) in [6, 6.07) is 11.0. The van der Waals surface area contributed by atoms with Gasteiger partial charge in [0.2, 0.25) is 18.6 Å². The number of carbonyl (C=O) groups is 1. The van der Waals surface area contributed by atoms with Crippen LogP contribution in [0.3, 0.4) is 0 Å². The molecule has 3 aromatic rings. The van der Waals surface area contributed by atoms with E-state index in [1.165, 1.54) is 0 Å². The van der Waals surface area contributed by atoms with Gasteiger partial charge in [-0.05, 0) is 44.2 Å². The Morgan fingerprint density at radius 2 is 2.03 bits per heavy atom. The average Bonchev–Trinajstić information content (AvgIpc) is 3.41. The van der Waals surface area contributed by atoms with Gasteiger partial charge in [-0.15, -0.1) is 0 Å². The molecule has 162 valence electrons. The van der Waals surface area contributed by atoms with Crippen LogP contribution < -0.4 is 19.7 Å². The van der Waals surface area contributed by atoms with Crippen molar-refractivity contribution in [2.45, 2.75) is 20.4 Å². The summed E-state index contributed by atoms with van der Waals surface area (Å²) < 4.78 is 11.6. The number of benzene rings is 2. The van der Waals surface area contributed by atoms with Gasteiger partial charge in [0, 0.05) is 28.6 Å². The number of nitrogens with zero attached hydrogens (tertiary/aromatic N) is 2. The third-order valence-electron chi connectivity index (χ3n) is 5.25. The number of hydrogen-bond acceptors (Lipinski definition) is 7. The van der Waals surface area contributed by atoms with Crippen molar-refractivity contribution >= 4 is 46.0 Å². The van der Waals surface area contributed by atoms with E-state index < -0.39 is 10.8 Å². The van der Waals surface area contributed by atoms with Crippen LogP contribution in [0.25, 0.3) is 11.6 Å². The number of aromatic hydroxyl groups is 1. The first-order valence-electron chi connectivity index (χ1n) is 9.89. The summed E-state index contributed by atoms with van der Waals surface area (Å²) in [6.07, 6.45) is 1.75. The number of aliphatic imine (C=N–C) groups is 1. The molecule has 1 aromatic heterocycles. The topological polar surface area (TPSA) is 102 Å². The highest BCUT2D eigenvalue weighted by atomic mass is 32.1. The molecule has 0 aliphatic carbocycles. The average molecular weight is 449 g/mol. The van der Waals surface area contributed by atoms with Gasteiger partial charge in [-0.3, -0.25) is 19.1 Å². The molecular weight excluding hydrogens is 430 g/mol. The number of thiazole rings is 1. The van der Waals surface area contributed by atoms with Crippen LogP contribution in [0.1, 0.15) is 22.9 Å². The van der Waals surface area contributed by atoms with Crippen LogP contribution in [0, 0.1) is 6.92 Å². The number of nitrogens with one attached hydrogen (secondary N) is 1. The van der Waals surface area contributed by atoms with Crippen LogP contribution in [0.15, 0.2) is 46.2 Å². The van der Waals surface area contributed by atoms with Crippen LogP contribution in [0.2, 0.25) is 0 Å². The van der Waals surface area contributed by atoms with E-state index in [0.717, 1.165) is 44.0 Å². The first-order valence-corrected chi connectivity index (χ1v) is 10.7. The molecule has 0 saturated heterocycles. The van der Waals surface area contributed by atoms with Gasteiger partial charge < -0.3 is 19.9 Å². The minimum Gasteiger partial charge on any atom is -0.493 e. The summed E-state index contributed by atoms with van der Waals surface area (Å²) in [6.45, 7) is 3.70. The predicted octanol–water partition coefficient (Wildman–Crippen LogP) is 3.94. The highest BCUT2D eigenvalue weighted by molar-refractivity contribution is 7.10. The number of aryl methyl sites for hydroxylation is 1. The van der Waals surface area contributed by atoms with Crippen molar-refractivity contribution in [3.8, 4) is 17.4 Å². The lowest BCUT2D eigenvalue weighted by Gasteiger charge is -2.07. The maximum Gasteiger partial charge on any atom is 0.311 e. The fraction of sp³-hybridized carbons (Fsp3) is 0.174. The van der Waals surface area contributed by atoms with E-state index in [1.807, 2.05) is 32.0 Å². The smallest absolute Gasteiger partial charge is 0.311 e. The number of amides is 1. The predicted molar refractivity (Wildman–Crippen MR) is 123 cm³/mol. The van der Waals surface area contributed by atoms with Gasteiger partial charge in [-0.25, -0.2) is 0 Å². The summed E-state index contributed by atoms with van der Waals surface area (Å²) in [4.78, 5) is 29.5. The Balaban J connectivity index is 1.39. The zero-order valence-electron chi connectivity index (χ0n) is 17.3. The quantitative estimate of drug-likeness (QED) is 0.628. The summed E-state index contributed by atoms with van der Waals surface area (Å²) >= 11 is 0.883. The number of rotatable bonds is 4. The molecule has 1 amide bonds. The summed E-state index contributed by atoms with van der Waals surface area (Å²) in [5.41, 5.74) is 5.06. The maximum atomic E-state index is 12.5. The highest BCUT2D eigenvalue weighted by Gasteiger charge is 2.21. The number of allylic oxidation sites excluding steroid dienone is 1. The number of fused-ring (bicyclic) bond motifs is 2. The van der Waals surface area contributed by atoms with Gasteiger partial charge in [-0.1, -0.05) is 23.0 Å². The molecule has 2 N–H and O–H groups in total. The van der Waals surface area contributed by atoms with Crippen molar-refractivity contribution in [2.75, 3.05) is 12.1 Å². The summed E-state index contributed by atoms with van der Waals surface area (Å²) in [7, 11) is 0. The largest absolute Gasteiger partial charge is 0.493 e. The molecule has 3 heterocycles. The van der Waals surface area contributed by atoms with Crippen LogP contribution in [0.4, 0.5) is 11.4 Å². The summed E-state index contributed by atoms with van der Waals surface area (Å²) in [5, 5.41) is 13.4. The van der Waals surface area contributed by atoms with Gasteiger partial charge in [0.25, 0.3) is 0 Å². The standard InChI is InChI=1S/C23H19N3O5S/c1-12-3-5-17-16(7-12)15(13(2)24-17)9-20-22(28)26(23(29)32-20)10-21(27)25-14-4-6-18-19(8-14)31-11-30-18/h3-9,28H,10-11H2,1-2H3,(H,25,27)/b15-9+. The fourth-order valence-corrected chi connectivity index (χ4v) is 4.51. The Bertz CT molecular complexity index is 1380. The van der Waals surface area contributed by atoms with E-state index in [9.17, 15) is 14.7 Å². The van der Waals surface area contributed by atoms with Crippen molar-refractivity contribution in [1.29, 1.82) is 0 Å². The summed E-state index contributed by atoms with van der Waals surface area (Å²) in [5.74, 6) is 0.450. The number of aromatic nitrogens is 1. The molecule has 0 saturated carbocycles. The van der Waals surface area contributed by atoms with Crippen molar-refractivity contribution in [1.82, 2.24) is 4.57 Å². The van der Waals surface area contributed by atoms with Gasteiger partial charge in [0.05, 0.1) is 10.6 Å². The van der Waals surface area contributed by atoms with Gasteiger partial charge in [-0.2, -0.15) is 0 Å². The molecule has 2 aliphatic rings. The van der Waals surface area contributed by atoms with E-state index in [-0.39, 0.29) is 19.2 Å². The third-order valence-corrected chi connectivity index (χ3v) is 6.16. The van der Waals surface area contributed by atoms with Gasteiger partial charge in [0.15, 0.2) is 11.5 Å². The Morgan fingerprint density at radius 1 is 1.22 bits per heavy atom. The van der Waals surface area contributed by atoms with Crippen molar-refractivity contribution in [3.63, 3.8) is 0 Å². The second kappa shape index (κ2) is 7.69. The number of anilines is 1. The normalized spacial score (nSPS) is 15.1. The number of carbonyl (C=O) groups excluding carboxylic acids is 1. The number of hydrogen-bond donors (Lipinski definition) is 2. The lowest BCUT2D eigenvalue weighted by atomic mass is 10.0. The molecule has 8 nitrogen and oxygen atoms in total. The molecule has 2 aromatic carbocycles. The minimum atomic E-state index is -0.446. The molecule has 9 heteroatoms. The molecular formula is C23H19N3O5S. The lowest BCUT2D eigenvalue weighted by molar-refractivity contribution is -0.116. The van der Waals surface area contributed by atoms with Crippen LogP contribution in [-0.4, -0.2) is 28.1 Å². The Kier molecular flexibility index (Phi) is 4.82. The molecule has 0 spiro atoms. The van der Waals surface area contributed by atoms with Gasteiger partial charge in [0.1, 0.15) is 6.54 Å². The third kappa shape index (κ3) is 3.56. The monoisotopic (exact) mass is 449 g/mol. The molecule has 2 aliphatic heterocycles.